The van der Waals surface area contributed by atoms with E-state index >= 15 is 0 Å². The molecule has 0 aliphatic rings. The van der Waals surface area contributed by atoms with E-state index in [2.05, 4.69) is 146 Å². The Bertz CT molecular complexity index is 1190. The Balaban J connectivity index is 1.07. The lowest BCUT2D eigenvalue weighted by Crippen LogP contribution is -2.24. The van der Waals surface area contributed by atoms with E-state index in [9.17, 15) is 0 Å². The fourth-order valence-corrected chi connectivity index (χ4v) is 6.40. The Morgan fingerprint density at radius 3 is 0.925 bits per heavy atom. The molecule has 0 heterocycles. The van der Waals surface area contributed by atoms with E-state index in [1.807, 2.05) is 0 Å². The van der Waals surface area contributed by atoms with Gasteiger partial charge in [0.25, 0.3) is 19.5 Å². The molecule has 198 valence electrons. The van der Waals surface area contributed by atoms with Gasteiger partial charge in [0.2, 0.25) is 0 Å². The van der Waals surface area contributed by atoms with Crippen LogP contribution in [0.25, 0.3) is 0 Å². The van der Waals surface area contributed by atoms with Crippen LogP contribution in [0.4, 0.5) is 0 Å². The Morgan fingerprint density at radius 1 is 0.375 bits per heavy atom. The van der Waals surface area contributed by atoms with Crippen molar-refractivity contribution in [1.82, 2.24) is 0 Å². The Labute approximate surface area is 243 Å². The highest BCUT2D eigenvalue weighted by Gasteiger charge is 2.15. The SMILES string of the molecule is c1ccc(C(CCO[Si]c2ccc([Si]OCCC(c3ccccc3)c3ccccc3)cc2)c2ccccc2)cc1. The lowest BCUT2D eigenvalue weighted by molar-refractivity contribution is 0.325. The first-order valence-corrected chi connectivity index (χ1v) is 15.7. The first-order chi connectivity index (χ1) is 19.9. The normalized spacial score (nSPS) is 11.2. The minimum absolute atomic E-state index is 0.344. The highest BCUT2D eigenvalue weighted by atomic mass is 28.2. The van der Waals surface area contributed by atoms with Gasteiger partial charge in [0, 0.05) is 25.0 Å². The van der Waals surface area contributed by atoms with Crippen molar-refractivity contribution < 1.29 is 8.85 Å². The van der Waals surface area contributed by atoms with Crippen molar-refractivity contribution in [3.8, 4) is 0 Å². The first kappa shape index (κ1) is 28.0. The zero-order valence-corrected chi connectivity index (χ0v) is 24.7. The zero-order chi connectivity index (χ0) is 27.2. The summed E-state index contributed by atoms with van der Waals surface area (Å²) >= 11 is 0. The molecule has 5 aromatic carbocycles. The molecule has 0 aliphatic carbocycles. The van der Waals surface area contributed by atoms with Crippen molar-refractivity contribution in [3.63, 3.8) is 0 Å². The van der Waals surface area contributed by atoms with Crippen LogP contribution in [-0.2, 0) is 8.85 Å². The molecule has 40 heavy (non-hydrogen) atoms. The molecule has 0 atom stereocenters. The molecular weight excluding hydrogens is 521 g/mol. The quantitative estimate of drug-likeness (QED) is 0.113. The van der Waals surface area contributed by atoms with Crippen LogP contribution in [-0.4, -0.2) is 32.7 Å². The third-order valence-corrected chi connectivity index (χ3v) is 8.92. The molecule has 0 aromatic heterocycles. The second-order valence-corrected chi connectivity index (χ2v) is 11.9. The molecule has 0 N–H and O–H groups in total. The molecule has 4 radical (unpaired) electrons. The molecule has 0 saturated heterocycles. The van der Waals surface area contributed by atoms with E-state index in [1.165, 1.54) is 32.6 Å². The van der Waals surface area contributed by atoms with Gasteiger partial charge in [-0.05, 0) is 45.5 Å². The van der Waals surface area contributed by atoms with Gasteiger partial charge in [-0.1, -0.05) is 146 Å². The topological polar surface area (TPSA) is 18.5 Å². The summed E-state index contributed by atoms with van der Waals surface area (Å²) in [5, 5.41) is 2.44. The predicted molar refractivity (Wildman–Crippen MR) is 168 cm³/mol. The first-order valence-electron chi connectivity index (χ1n) is 13.9. The van der Waals surface area contributed by atoms with E-state index in [0.717, 1.165) is 26.1 Å². The van der Waals surface area contributed by atoms with Gasteiger partial charge in [-0.25, -0.2) is 0 Å². The monoisotopic (exact) mass is 554 g/mol. The summed E-state index contributed by atoms with van der Waals surface area (Å²) < 4.78 is 12.3. The van der Waals surface area contributed by atoms with Gasteiger partial charge in [0.1, 0.15) is 0 Å². The highest BCUT2D eigenvalue weighted by Crippen LogP contribution is 2.28. The minimum atomic E-state index is 0.344. The van der Waals surface area contributed by atoms with Crippen LogP contribution in [0.15, 0.2) is 146 Å². The Kier molecular flexibility index (Phi) is 10.7. The van der Waals surface area contributed by atoms with Gasteiger partial charge in [-0.3, -0.25) is 0 Å². The van der Waals surface area contributed by atoms with Crippen LogP contribution in [0, 0.1) is 0 Å². The average molecular weight is 555 g/mol. The maximum atomic E-state index is 6.14. The molecule has 0 fully saturated rings. The molecule has 5 aromatic rings. The van der Waals surface area contributed by atoms with Crippen LogP contribution >= 0.6 is 0 Å². The molecular formula is C36H34O2Si2. The van der Waals surface area contributed by atoms with Gasteiger partial charge in [0.15, 0.2) is 0 Å². The molecule has 0 bridgehead atoms. The smallest absolute Gasteiger partial charge is 0.268 e. The maximum absolute atomic E-state index is 6.14. The molecule has 4 heteroatoms. The van der Waals surface area contributed by atoms with Crippen molar-refractivity contribution in [2.45, 2.75) is 24.7 Å². The molecule has 5 rings (SSSR count). The standard InChI is InChI=1S/C36H34O2Si2/c1-5-13-29(14-6-1)35(30-15-7-2-8-16-30)25-27-37-39-33-21-23-34(24-22-33)40-38-28-26-36(31-17-9-3-10-18-31)32-19-11-4-12-20-32/h1-24,35-36H,25-28H2. The Morgan fingerprint density at radius 2 is 0.650 bits per heavy atom. The molecule has 0 spiro atoms. The van der Waals surface area contributed by atoms with Crippen molar-refractivity contribution >= 4 is 29.9 Å². The van der Waals surface area contributed by atoms with E-state index in [4.69, 9.17) is 8.85 Å². The van der Waals surface area contributed by atoms with Crippen LogP contribution in [0.1, 0.15) is 46.9 Å². The van der Waals surface area contributed by atoms with Gasteiger partial charge in [-0.15, -0.1) is 0 Å². The lowest BCUT2D eigenvalue weighted by Gasteiger charge is -2.18. The van der Waals surface area contributed by atoms with Crippen molar-refractivity contribution in [1.29, 1.82) is 0 Å². The summed E-state index contributed by atoms with van der Waals surface area (Å²) in [6.45, 7) is 1.45. The van der Waals surface area contributed by atoms with Gasteiger partial charge < -0.3 is 8.85 Å². The van der Waals surface area contributed by atoms with E-state index in [-0.39, 0.29) is 0 Å². The molecule has 0 aliphatic heterocycles. The molecule has 0 saturated carbocycles. The van der Waals surface area contributed by atoms with Crippen LogP contribution in [0.5, 0.6) is 0 Å². The van der Waals surface area contributed by atoms with Crippen LogP contribution in [0.2, 0.25) is 0 Å². The number of hydrogen-bond donors (Lipinski definition) is 0. The zero-order valence-electron chi connectivity index (χ0n) is 22.7. The molecule has 2 nitrogen and oxygen atoms in total. The lowest BCUT2D eigenvalue weighted by atomic mass is 9.89. The molecule has 0 unspecified atom stereocenters. The van der Waals surface area contributed by atoms with E-state index in [0.29, 0.717) is 31.4 Å². The average Bonchev–Trinajstić information content (AvgIpc) is 3.03. The second-order valence-electron chi connectivity index (χ2n) is 9.80. The van der Waals surface area contributed by atoms with Gasteiger partial charge in [-0.2, -0.15) is 0 Å². The number of benzene rings is 5. The third-order valence-electron chi connectivity index (χ3n) is 7.09. The van der Waals surface area contributed by atoms with Crippen molar-refractivity contribution in [3.05, 3.63) is 168 Å². The van der Waals surface area contributed by atoms with Gasteiger partial charge >= 0.3 is 0 Å². The van der Waals surface area contributed by atoms with Crippen molar-refractivity contribution in [2.75, 3.05) is 13.2 Å². The Hall–Kier alpha value is -3.55. The summed E-state index contributed by atoms with van der Waals surface area (Å²) in [5.41, 5.74) is 5.35. The number of rotatable bonds is 14. The second kappa shape index (κ2) is 15.3. The van der Waals surface area contributed by atoms with Gasteiger partial charge in [0.05, 0.1) is 0 Å². The largest absolute Gasteiger partial charge is 0.411 e. The number of hydrogen-bond acceptors (Lipinski definition) is 2. The fourth-order valence-electron chi connectivity index (χ4n) is 5.02. The fraction of sp³-hybridized carbons (Fsp3) is 0.167. The van der Waals surface area contributed by atoms with Crippen molar-refractivity contribution in [2.24, 2.45) is 0 Å². The summed E-state index contributed by atoms with van der Waals surface area (Å²) in [6.07, 6.45) is 1.92. The van der Waals surface area contributed by atoms with Crippen LogP contribution < -0.4 is 10.4 Å². The molecule has 0 amide bonds. The predicted octanol–water partition coefficient (Wildman–Crippen LogP) is 6.65. The van der Waals surface area contributed by atoms with Crippen LogP contribution in [0.3, 0.4) is 0 Å². The maximum Gasteiger partial charge on any atom is 0.268 e. The highest BCUT2D eigenvalue weighted by molar-refractivity contribution is 6.49. The summed E-state index contributed by atoms with van der Waals surface area (Å²) in [5.74, 6) is 0.688. The summed E-state index contributed by atoms with van der Waals surface area (Å²) in [7, 11) is 0.690. The van der Waals surface area contributed by atoms with E-state index in [1.54, 1.807) is 0 Å². The summed E-state index contributed by atoms with van der Waals surface area (Å²) in [6, 6.07) is 51.6. The third kappa shape index (κ3) is 8.23. The van der Waals surface area contributed by atoms with E-state index < -0.39 is 0 Å². The summed E-state index contributed by atoms with van der Waals surface area (Å²) in [4.78, 5) is 0. The minimum Gasteiger partial charge on any atom is -0.411 e.